The van der Waals surface area contributed by atoms with Crippen molar-refractivity contribution in [2.75, 3.05) is 5.73 Å². The van der Waals surface area contributed by atoms with Gasteiger partial charge in [-0.15, -0.1) is 5.10 Å². The number of aromatic nitrogens is 3. The Morgan fingerprint density at radius 1 is 1.33 bits per heavy atom. The monoisotopic (exact) mass is 202 g/mol. The van der Waals surface area contributed by atoms with E-state index < -0.39 is 0 Å². The highest BCUT2D eigenvalue weighted by molar-refractivity contribution is 5.40. The first-order valence-corrected chi connectivity index (χ1v) is 4.99. The van der Waals surface area contributed by atoms with Crippen LogP contribution in [0.1, 0.15) is 18.3 Å². The van der Waals surface area contributed by atoms with E-state index in [-0.39, 0.29) is 0 Å². The number of nitrogen functional groups attached to an aromatic ring is 1. The number of nitrogens with zero attached hydrogens (tertiary/aromatic N) is 3. The molecule has 0 spiro atoms. The quantitative estimate of drug-likeness (QED) is 0.806. The number of rotatable bonds is 2. The topological polar surface area (TPSA) is 56.7 Å². The molecule has 4 nitrogen and oxygen atoms in total. The summed E-state index contributed by atoms with van der Waals surface area (Å²) < 4.78 is 1.81. The largest absolute Gasteiger partial charge is 0.366 e. The zero-order valence-electron chi connectivity index (χ0n) is 8.94. The molecule has 0 aliphatic heterocycles. The number of hydrogen-bond acceptors (Lipinski definition) is 3. The van der Waals surface area contributed by atoms with E-state index in [2.05, 4.69) is 10.1 Å². The van der Waals surface area contributed by atoms with E-state index in [1.54, 1.807) is 0 Å². The van der Waals surface area contributed by atoms with Gasteiger partial charge in [-0.2, -0.15) is 4.98 Å². The summed E-state index contributed by atoms with van der Waals surface area (Å²) in [7, 11) is 0. The summed E-state index contributed by atoms with van der Waals surface area (Å²) in [4.78, 5) is 4.18. The molecule has 1 heterocycles. The van der Waals surface area contributed by atoms with Crippen LogP contribution < -0.4 is 5.73 Å². The van der Waals surface area contributed by atoms with Crippen LogP contribution in [0, 0.1) is 6.92 Å². The second kappa shape index (κ2) is 3.73. The lowest BCUT2D eigenvalue weighted by molar-refractivity contribution is 0.798. The summed E-state index contributed by atoms with van der Waals surface area (Å²) in [6.45, 7) is 4.09. The first kappa shape index (κ1) is 9.71. The molecule has 15 heavy (non-hydrogen) atoms. The predicted octanol–water partition coefficient (Wildman–Crippen LogP) is 1.72. The Balaban J connectivity index is 2.58. The minimum absolute atomic E-state index is 0.329. The molecule has 0 aliphatic carbocycles. The Morgan fingerprint density at radius 3 is 2.73 bits per heavy atom. The molecule has 78 valence electrons. The fraction of sp³-hybridized carbons (Fsp3) is 0.273. The smallest absolute Gasteiger partial charge is 0.240 e. The molecule has 1 aromatic heterocycles. The van der Waals surface area contributed by atoms with Crippen molar-refractivity contribution in [3.63, 3.8) is 0 Å². The van der Waals surface area contributed by atoms with Crippen LogP contribution in [0.2, 0.25) is 0 Å². The van der Waals surface area contributed by atoms with E-state index in [0.29, 0.717) is 5.95 Å². The molecule has 2 N–H and O–H groups in total. The molecule has 0 fully saturated rings. The lowest BCUT2D eigenvalue weighted by Crippen LogP contribution is -2.03. The highest BCUT2D eigenvalue weighted by atomic mass is 15.4. The van der Waals surface area contributed by atoms with E-state index >= 15 is 0 Å². The summed E-state index contributed by atoms with van der Waals surface area (Å²) in [5.41, 5.74) is 7.80. The van der Waals surface area contributed by atoms with Gasteiger partial charge in [0.2, 0.25) is 5.95 Å². The van der Waals surface area contributed by atoms with Crippen LogP contribution in [0.4, 0.5) is 5.95 Å². The molecular weight excluding hydrogens is 188 g/mol. The Kier molecular flexibility index (Phi) is 2.41. The second-order valence-electron chi connectivity index (χ2n) is 3.44. The van der Waals surface area contributed by atoms with Crippen LogP contribution in [0.25, 0.3) is 5.69 Å². The lowest BCUT2D eigenvalue weighted by atomic mass is 10.2. The first-order valence-electron chi connectivity index (χ1n) is 4.99. The van der Waals surface area contributed by atoms with Crippen molar-refractivity contribution in [1.29, 1.82) is 0 Å². The molecule has 0 unspecified atom stereocenters. The summed E-state index contributed by atoms with van der Waals surface area (Å²) in [6, 6.07) is 8.06. The molecule has 0 aliphatic rings. The first-order chi connectivity index (χ1) is 7.22. The maximum atomic E-state index is 5.60. The summed E-state index contributed by atoms with van der Waals surface area (Å²) >= 11 is 0. The van der Waals surface area contributed by atoms with Crippen molar-refractivity contribution in [2.24, 2.45) is 0 Å². The molecule has 0 radical (unpaired) electrons. The third-order valence-corrected chi connectivity index (χ3v) is 2.35. The SMILES string of the molecule is CCc1nc(N)nn1-c1ccccc1C. The Hall–Kier alpha value is -1.84. The lowest BCUT2D eigenvalue weighted by Gasteiger charge is -2.06. The van der Waals surface area contributed by atoms with Gasteiger partial charge in [0.05, 0.1) is 5.69 Å². The standard InChI is InChI=1S/C11H14N4/c1-3-10-13-11(12)14-15(10)9-7-5-4-6-8(9)2/h4-7H,3H2,1-2H3,(H2,12,14). The zero-order valence-corrected chi connectivity index (χ0v) is 8.94. The van der Waals surface area contributed by atoms with Crippen LogP contribution in [0.3, 0.4) is 0 Å². The minimum atomic E-state index is 0.329. The zero-order chi connectivity index (χ0) is 10.8. The van der Waals surface area contributed by atoms with Crippen molar-refractivity contribution in [2.45, 2.75) is 20.3 Å². The van der Waals surface area contributed by atoms with Gasteiger partial charge in [-0.3, -0.25) is 0 Å². The van der Waals surface area contributed by atoms with Crippen molar-refractivity contribution in [1.82, 2.24) is 14.8 Å². The average molecular weight is 202 g/mol. The highest BCUT2D eigenvalue weighted by Gasteiger charge is 2.09. The Morgan fingerprint density at radius 2 is 2.07 bits per heavy atom. The van der Waals surface area contributed by atoms with Gasteiger partial charge in [0.1, 0.15) is 5.82 Å². The summed E-state index contributed by atoms with van der Waals surface area (Å²) in [5, 5.41) is 4.20. The van der Waals surface area contributed by atoms with E-state index in [0.717, 1.165) is 23.5 Å². The van der Waals surface area contributed by atoms with Gasteiger partial charge in [0.15, 0.2) is 0 Å². The van der Waals surface area contributed by atoms with Crippen molar-refractivity contribution in [3.05, 3.63) is 35.7 Å². The number of para-hydroxylation sites is 1. The fourth-order valence-corrected chi connectivity index (χ4v) is 1.58. The third kappa shape index (κ3) is 1.70. The van der Waals surface area contributed by atoms with Gasteiger partial charge >= 0.3 is 0 Å². The molecule has 0 saturated carbocycles. The average Bonchev–Trinajstić information content (AvgIpc) is 2.60. The highest BCUT2D eigenvalue weighted by Crippen LogP contribution is 2.15. The van der Waals surface area contributed by atoms with Crippen LogP contribution in [-0.4, -0.2) is 14.8 Å². The van der Waals surface area contributed by atoms with E-state index in [1.807, 2.05) is 42.8 Å². The van der Waals surface area contributed by atoms with Crippen LogP contribution in [0.5, 0.6) is 0 Å². The van der Waals surface area contributed by atoms with Crippen molar-refractivity contribution >= 4 is 5.95 Å². The van der Waals surface area contributed by atoms with Gasteiger partial charge in [0, 0.05) is 6.42 Å². The number of anilines is 1. The minimum Gasteiger partial charge on any atom is -0.366 e. The molecule has 2 rings (SSSR count). The van der Waals surface area contributed by atoms with E-state index in [4.69, 9.17) is 5.73 Å². The van der Waals surface area contributed by atoms with Gasteiger partial charge in [-0.05, 0) is 18.6 Å². The van der Waals surface area contributed by atoms with Crippen LogP contribution in [-0.2, 0) is 6.42 Å². The molecule has 4 heteroatoms. The number of hydrogen-bond donors (Lipinski definition) is 1. The molecule has 2 aromatic rings. The third-order valence-electron chi connectivity index (χ3n) is 2.35. The molecule has 0 saturated heterocycles. The maximum absolute atomic E-state index is 5.60. The maximum Gasteiger partial charge on any atom is 0.240 e. The van der Waals surface area contributed by atoms with Crippen molar-refractivity contribution in [3.8, 4) is 5.69 Å². The van der Waals surface area contributed by atoms with Gasteiger partial charge < -0.3 is 5.73 Å². The summed E-state index contributed by atoms with van der Waals surface area (Å²) in [6.07, 6.45) is 0.818. The van der Waals surface area contributed by atoms with Crippen molar-refractivity contribution < 1.29 is 0 Å². The van der Waals surface area contributed by atoms with E-state index in [1.165, 1.54) is 0 Å². The fourth-order valence-electron chi connectivity index (χ4n) is 1.58. The second-order valence-corrected chi connectivity index (χ2v) is 3.44. The van der Waals surface area contributed by atoms with E-state index in [9.17, 15) is 0 Å². The van der Waals surface area contributed by atoms with Crippen LogP contribution in [0.15, 0.2) is 24.3 Å². The predicted molar refractivity (Wildman–Crippen MR) is 59.9 cm³/mol. The van der Waals surface area contributed by atoms with Crippen LogP contribution >= 0.6 is 0 Å². The Labute approximate surface area is 88.8 Å². The molecular formula is C11H14N4. The van der Waals surface area contributed by atoms with Gasteiger partial charge in [0.25, 0.3) is 0 Å². The van der Waals surface area contributed by atoms with Gasteiger partial charge in [-0.1, -0.05) is 25.1 Å². The number of nitrogens with two attached hydrogens (primary N) is 1. The molecule has 0 bridgehead atoms. The molecule has 0 atom stereocenters. The van der Waals surface area contributed by atoms with Gasteiger partial charge in [-0.25, -0.2) is 4.68 Å². The normalized spacial score (nSPS) is 10.5. The number of aryl methyl sites for hydroxylation is 2. The number of benzene rings is 1. The Bertz CT molecular complexity index is 473. The molecule has 1 aromatic carbocycles. The molecule has 0 amide bonds. The summed E-state index contributed by atoms with van der Waals surface area (Å²) in [5.74, 6) is 1.22.